The maximum Gasteiger partial charge on any atom is 0.416 e. The van der Waals surface area contributed by atoms with E-state index in [0.29, 0.717) is 16.7 Å². The zero-order valence-corrected chi connectivity index (χ0v) is 11.0. The van der Waals surface area contributed by atoms with Gasteiger partial charge in [0, 0.05) is 23.8 Å². The van der Waals surface area contributed by atoms with Crippen molar-refractivity contribution in [3.63, 3.8) is 0 Å². The van der Waals surface area contributed by atoms with Crippen LogP contribution in [0.5, 0.6) is 0 Å². The zero-order chi connectivity index (χ0) is 13.1. The molecule has 1 N–H and O–H groups in total. The fourth-order valence-corrected chi connectivity index (χ4v) is 1.56. The van der Waals surface area contributed by atoms with Crippen molar-refractivity contribution in [2.75, 3.05) is 19.0 Å². The number of nitrogens with one attached hydrogen (secondary N) is 1. The smallest absolute Gasteiger partial charge is 0.382 e. The third-order valence-electron chi connectivity index (χ3n) is 2.28. The van der Waals surface area contributed by atoms with Crippen LogP contribution in [-0.4, -0.2) is 19.8 Å². The summed E-state index contributed by atoms with van der Waals surface area (Å²) in [5.41, 5.74) is -0.267. The van der Waals surface area contributed by atoms with Crippen molar-refractivity contribution in [2.24, 2.45) is 0 Å². The molecule has 1 unspecified atom stereocenters. The number of rotatable bonds is 4. The highest BCUT2D eigenvalue weighted by Crippen LogP contribution is 2.33. The summed E-state index contributed by atoms with van der Waals surface area (Å²) in [4.78, 5) is 0. The molecule has 0 aromatic heterocycles. The van der Waals surface area contributed by atoms with Crippen molar-refractivity contribution in [3.8, 4) is 0 Å². The number of halogens is 4. The molecule has 0 bridgehead atoms. The normalized spacial score (nSPS) is 13.5. The van der Waals surface area contributed by atoms with Gasteiger partial charge in [-0.2, -0.15) is 13.2 Å². The molecule has 0 fully saturated rings. The van der Waals surface area contributed by atoms with E-state index in [1.165, 1.54) is 6.07 Å². The van der Waals surface area contributed by atoms with Crippen molar-refractivity contribution < 1.29 is 17.9 Å². The van der Waals surface area contributed by atoms with Gasteiger partial charge in [-0.25, -0.2) is 0 Å². The van der Waals surface area contributed by atoms with Gasteiger partial charge in [0.1, 0.15) is 0 Å². The van der Waals surface area contributed by atoms with Crippen LogP contribution < -0.4 is 5.32 Å². The highest BCUT2D eigenvalue weighted by Gasteiger charge is 2.30. The maximum absolute atomic E-state index is 12.5. The molecule has 0 saturated heterocycles. The van der Waals surface area contributed by atoms with E-state index < -0.39 is 11.7 Å². The molecule has 0 aliphatic rings. The predicted molar refractivity (Wildman–Crippen MR) is 64.1 cm³/mol. The first-order chi connectivity index (χ1) is 7.84. The Morgan fingerprint density at radius 2 is 2.06 bits per heavy atom. The van der Waals surface area contributed by atoms with Crippen molar-refractivity contribution in [2.45, 2.75) is 19.2 Å². The first kappa shape index (κ1) is 14.3. The van der Waals surface area contributed by atoms with Crippen LogP contribution in [0.2, 0.25) is 0 Å². The third kappa shape index (κ3) is 4.20. The summed E-state index contributed by atoms with van der Waals surface area (Å²) in [6.45, 7) is 2.27. The Morgan fingerprint density at radius 1 is 1.41 bits per heavy atom. The Labute approximate surface area is 106 Å². The van der Waals surface area contributed by atoms with E-state index >= 15 is 0 Å². The van der Waals surface area contributed by atoms with E-state index in [1.807, 2.05) is 6.92 Å². The fourth-order valence-electron chi connectivity index (χ4n) is 1.17. The largest absolute Gasteiger partial charge is 0.416 e. The van der Waals surface area contributed by atoms with Crippen molar-refractivity contribution in [3.05, 3.63) is 28.2 Å². The minimum absolute atomic E-state index is 0.0727. The van der Waals surface area contributed by atoms with Gasteiger partial charge in [0.15, 0.2) is 0 Å². The molecule has 0 spiro atoms. The number of hydrogen-bond acceptors (Lipinski definition) is 2. The van der Waals surface area contributed by atoms with Gasteiger partial charge >= 0.3 is 6.18 Å². The first-order valence-electron chi connectivity index (χ1n) is 4.98. The van der Waals surface area contributed by atoms with Gasteiger partial charge in [-0.15, -0.1) is 0 Å². The molecule has 1 atom stereocenters. The molecule has 0 heterocycles. The molecule has 0 aliphatic carbocycles. The molecule has 0 radical (unpaired) electrons. The van der Waals surface area contributed by atoms with E-state index in [0.717, 1.165) is 12.1 Å². The molecule has 1 aromatic carbocycles. The number of methoxy groups -OCH3 is 1. The van der Waals surface area contributed by atoms with E-state index in [2.05, 4.69) is 21.2 Å². The lowest BCUT2D eigenvalue weighted by Crippen LogP contribution is -2.18. The molecular weight excluding hydrogens is 299 g/mol. The van der Waals surface area contributed by atoms with E-state index in [9.17, 15) is 13.2 Å². The molecule has 0 amide bonds. The number of ether oxygens (including phenoxy) is 1. The molecule has 1 aromatic rings. The number of alkyl halides is 3. The highest BCUT2D eigenvalue weighted by atomic mass is 79.9. The predicted octanol–water partition coefficient (Wildman–Crippen LogP) is 3.91. The van der Waals surface area contributed by atoms with Crippen LogP contribution in [0.25, 0.3) is 0 Å². The molecule has 0 aliphatic heterocycles. The summed E-state index contributed by atoms with van der Waals surface area (Å²) in [7, 11) is 1.55. The lowest BCUT2D eigenvalue weighted by Gasteiger charge is -2.15. The van der Waals surface area contributed by atoms with Gasteiger partial charge in [0.05, 0.1) is 11.7 Å². The minimum atomic E-state index is -4.33. The zero-order valence-electron chi connectivity index (χ0n) is 9.44. The molecule has 1 rings (SSSR count). The minimum Gasteiger partial charge on any atom is -0.382 e. The standard InChI is InChI=1S/C11H13BrF3NO/c1-7(17-2)6-16-10-5-8(11(13,14)15)3-4-9(10)12/h3-5,7,16H,6H2,1-2H3. The summed E-state index contributed by atoms with van der Waals surface area (Å²) in [5.74, 6) is 0. The van der Waals surface area contributed by atoms with Crippen LogP contribution >= 0.6 is 15.9 Å². The molecule has 6 heteroatoms. The SMILES string of the molecule is COC(C)CNc1cc(C(F)(F)F)ccc1Br. The van der Waals surface area contributed by atoms with Crippen molar-refractivity contribution >= 4 is 21.6 Å². The first-order valence-corrected chi connectivity index (χ1v) is 5.77. The second kappa shape index (κ2) is 5.73. The number of benzene rings is 1. The molecule has 17 heavy (non-hydrogen) atoms. The van der Waals surface area contributed by atoms with Gasteiger partial charge in [0.25, 0.3) is 0 Å². The lowest BCUT2D eigenvalue weighted by molar-refractivity contribution is -0.137. The van der Waals surface area contributed by atoms with Crippen LogP contribution in [0.1, 0.15) is 12.5 Å². The maximum atomic E-state index is 12.5. The van der Waals surface area contributed by atoms with Gasteiger partial charge < -0.3 is 10.1 Å². The van der Waals surface area contributed by atoms with E-state index in [1.54, 1.807) is 7.11 Å². The van der Waals surface area contributed by atoms with Crippen LogP contribution in [-0.2, 0) is 10.9 Å². The summed E-state index contributed by atoms with van der Waals surface area (Å²) in [6.07, 6.45) is -4.40. The quantitative estimate of drug-likeness (QED) is 0.910. The van der Waals surface area contributed by atoms with Crippen LogP contribution in [0.4, 0.5) is 18.9 Å². The second-order valence-corrected chi connectivity index (χ2v) is 4.47. The fraction of sp³-hybridized carbons (Fsp3) is 0.455. The Kier molecular flexibility index (Phi) is 4.82. The molecule has 96 valence electrons. The second-order valence-electron chi connectivity index (χ2n) is 3.62. The van der Waals surface area contributed by atoms with Crippen molar-refractivity contribution in [1.29, 1.82) is 0 Å². The Hall–Kier alpha value is -0.750. The lowest BCUT2D eigenvalue weighted by atomic mass is 10.2. The molecule has 2 nitrogen and oxygen atoms in total. The summed E-state index contributed by atoms with van der Waals surface area (Å²) in [6, 6.07) is 3.49. The highest BCUT2D eigenvalue weighted by molar-refractivity contribution is 9.10. The molecular formula is C11H13BrF3NO. The Morgan fingerprint density at radius 3 is 2.59 bits per heavy atom. The van der Waals surface area contributed by atoms with Gasteiger partial charge in [-0.3, -0.25) is 0 Å². The average Bonchev–Trinajstić information content (AvgIpc) is 2.26. The van der Waals surface area contributed by atoms with Gasteiger partial charge in [-0.05, 0) is 41.1 Å². The number of anilines is 1. The van der Waals surface area contributed by atoms with E-state index in [-0.39, 0.29) is 6.10 Å². The van der Waals surface area contributed by atoms with Crippen LogP contribution in [0.3, 0.4) is 0 Å². The monoisotopic (exact) mass is 311 g/mol. The Bertz CT molecular complexity index is 381. The van der Waals surface area contributed by atoms with E-state index in [4.69, 9.17) is 4.74 Å². The summed E-state index contributed by atoms with van der Waals surface area (Å²) >= 11 is 3.20. The van der Waals surface area contributed by atoms with Crippen LogP contribution in [0.15, 0.2) is 22.7 Å². The van der Waals surface area contributed by atoms with Gasteiger partial charge in [-0.1, -0.05) is 0 Å². The van der Waals surface area contributed by atoms with Crippen LogP contribution in [0, 0.1) is 0 Å². The summed E-state index contributed by atoms with van der Waals surface area (Å²) < 4.78 is 43.1. The van der Waals surface area contributed by atoms with Crippen molar-refractivity contribution in [1.82, 2.24) is 0 Å². The molecule has 0 saturated carbocycles. The average molecular weight is 312 g/mol. The summed E-state index contributed by atoms with van der Waals surface area (Å²) in [5, 5.41) is 2.90. The third-order valence-corrected chi connectivity index (χ3v) is 2.97. The Balaban J connectivity index is 2.84. The topological polar surface area (TPSA) is 21.3 Å². The van der Waals surface area contributed by atoms with Gasteiger partial charge in [0.2, 0.25) is 0 Å². The number of hydrogen-bond donors (Lipinski definition) is 1.